The molecule has 0 N–H and O–H groups in total. The molecule has 0 heterocycles. The molecule has 2 aliphatic carbocycles. The zero-order chi connectivity index (χ0) is 12.0. The Balaban J connectivity index is 2.06. The lowest BCUT2D eigenvalue weighted by Crippen LogP contribution is -2.17. The maximum atomic E-state index is 12.3. The van der Waals surface area contributed by atoms with E-state index in [2.05, 4.69) is 31.1 Å². The second kappa shape index (κ2) is 3.86. The number of anilines is 1. The Morgan fingerprint density at radius 3 is 2.53 bits per heavy atom. The molecule has 0 aromatic heterocycles. The summed E-state index contributed by atoms with van der Waals surface area (Å²) < 4.78 is 0. The van der Waals surface area contributed by atoms with Crippen molar-refractivity contribution in [2.75, 3.05) is 19.0 Å². The van der Waals surface area contributed by atoms with E-state index in [-0.39, 0.29) is 5.92 Å². The molecule has 0 bridgehead atoms. The molecule has 0 amide bonds. The van der Waals surface area contributed by atoms with E-state index < -0.39 is 0 Å². The number of hydrogen-bond donors (Lipinski definition) is 0. The van der Waals surface area contributed by atoms with Gasteiger partial charge < -0.3 is 4.90 Å². The maximum Gasteiger partial charge on any atom is 0.166 e. The molecule has 17 heavy (non-hydrogen) atoms. The van der Waals surface area contributed by atoms with Crippen LogP contribution in [0.5, 0.6) is 0 Å². The first-order valence-corrected chi connectivity index (χ1v) is 6.54. The fourth-order valence-corrected chi connectivity index (χ4v) is 3.38. The zero-order valence-corrected chi connectivity index (χ0v) is 10.6. The minimum atomic E-state index is 0.288. The van der Waals surface area contributed by atoms with Crippen LogP contribution in [0.2, 0.25) is 0 Å². The second-order valence-electron chi connectivity index (χ2n) is 5.53. The van der Waals surface area contributed by atoms with Crippen LogP contribution < -0.4 is 4.90 Å². The normalized spacial score (nSPS) is 26.6. The molecule has 1 saturated carbocycles. The van der Waals surface area contributed by atoms with Gasteiger partial charge in [-0.05, 0) is 42.5 Å². The van der Waals surface area contributed by atoms with Gasteiger partial charge in [0.2, 0.25) is 0 Å². The van der Waals surface area contributed by atoms with Gasteiger partial charge in [0.15, 0.2) is 5.78 Å². The summed E-state index contributed by atoms with van der Waals surface area (Å²) in [5.74, 6) is 1.19. The van der Waals surface area contributed by atoms with Crippen LogP contribution in [0.3, 0.4) is 0 Å². The molecule has 2 heteroatoms. The number of carbonyl (C=O) groups excluding carboxylic acids is 1. The van der Waals surface area contributed by atoms with Gasteiger partial charge in [-0.15, -0.1) is 0 Å². The molecule has 2 aliphatic rings. The molecule has 2 nitrogen and oxygen atoms in total. The fourth-order valence-electron chi connectivity index (χ4n) is 3.38. The molecule has 0 spiro atoms. The van der Waals surface area contributed by atoms with Crippen molar-refractivity contribution in [3.8, 4) is 0 Å². The summed E-state index contributed by atoms with van der Waals surface area (Å²) in [4.78, 5) is 14.4. The summed E-state index contributed by atoms with van der Waals surface area (Å²) in [5, 5.41) is 0. The summed E-state index contributed by atoms with van der Waals surface area (Å²) in [5.41, 5.74) is 3.51. The van der Waals surface area contributed by atoms with Gasteiger partial charge in [-0.25, -0.2) is 0 Å². The van der Waals surface area contributed by atoms with E-state index in [4.69, 9.17) is 0 Å². The average Bonchev–Trinajstić information content (AvgIpc) is 2.64. The lowest BCUT2D eigenvalue weighted by atomic mass is 9.79. The molecule has 0 unspecified atom stereocenters. The predicted molar refractivity (Wildman–Crippen MR) is 69.8 cm³/mol. The van der Waals surface area contributed by atoms with Gasteiger partial charge in [0.1, 0.15) is 0 Å². The van der Waals surface area contributed by atoms with Crippen LogP contribution in [0.1, 0.15) is 47.5 Å². The van der Waals surface area contributed by atoms with Crippen molar-refractivity contribution in [2.45, 2.75) is 31.6 Å². The summed E-state index contributed by atoms with van der Waals surface area (Å²) in [7, 11) is 4.10. The van der Waals surface area contributed by atoms with E-state index in [1.807, 2.05) is 6.07 Å². The van der Waals surface area contributed by atoms with Crippen LogP contribution in [0.15, 0.2) is 18.2 Å². The van der Waals surface area contributed by atoms with Crippen LogP contribution in [0.25, 0.3) is 0 Å². The highest BCUT2D eigenvalue weighted by Gasteiger charge is 2.40. The van der Waals surface area contributed by atoms with Crippen molar-refractivity contribution in [1.82, 2.24) is 0 Å². The number of carbonyl (C=O) groups is 1. The Kier molecular flexibility index (Phi) is 2.46. The summed E-state index contributed by atoms with van der Waals surface area (Å²) in [6.45, 7) is 0. The number of ketones is 1. The van der Waals surface area contributed by atoms with E-state index in [0.29, 0.717) is 11.7 Å². The smallest absolute Gasteiger partial charge is 0.166 e. The van der Waals surface area contributed by atoms with Crippen LogP contribution in [-0.2, 0) is 0 Å². The largest absolute Gasteiger partial charge is 0.378 e. The predicted octanol–water partition coefficient (Wildman–Crippen LogP) is 3.22. The van der Waals surface area contributed by atoms with Crippen molar-refractivity contribution < 1.29 is 4.79 Å². The van der Waals surface area contributed by atoms with E-state index >= 15 is 0 Å². The Morgan fingerprint density at radius 2 is 1.82 bits per heavy atom. The van der Waals surface area contributed by atoms with Gasteiger partial charge in [0.05, 0.1) is 0 Å². The molecule has 1 aromatic carbocycles. The van der Waals surface area contributed by atoms with Crippen molar-refractivity contribution in [1.29, 1.82) is 0 Å². The van der Waals surface area contributed by atoms with E-state index in [1.165, 1.54) is 30.5 Å². The van der Waals surface area contributed by atoms with Gasteiger partial charge in [-0.1, -0.05) is 12.8 Å². The number of benzene rings is 1. The number of fused-ring (bicyclic) bond motifs is 3. The van der Waals surface area contributed by atoms with Crippen LogP contribution in [-0.4, -0.2) is 19.9 Å². The van der Waals surface area contributed by atoms with E-state index in [1.54, 1.807) is 0 Å². The molecule has 1 fully saturated rings. The van der Waals surface area contributed by atoms with Gasteiger partial charge in [0.25, 0.3) is 0 Å². The molecular weight excluding hydrogens is 210 g/mol. The van der Waals surface area contributed by atoms with Gasteiger partial charge in [-0.3, -0.25) is 4.79 Å². The van der Waals surface area contributed by atoms with Gasteiger partial charge in [0, 0.05) is 31.3 Å². The average molecular weight is 229 g/mol. The molecule has 0 aliphatic heterocycles. The molecule has 3 rings (SSSR count). The number of hydrogen-bond acceptors (Lipinski definition) is 2. The lowest BCUT2D eigenvalue weighted by Gasteiger charge is -2.24. The molecule has 0 saturated heterocycles. The lowest BCUT2D eigenvalue weighted by molar-refractivity contribution is 0.0898. The maximum absolute atomic E-state index is 12.3. The van der Waals surface area contributed by atoms with Crippen molar-refractivity contribution in [3.05, 3.63) is 29.3 Å². The third-order valence-electron chi connectivity index (χ3n) is 4.32. The van der Waals surface area contributed by atoms with Crippen molar-refractivity contribution in [3.63, 3.8) is 0 Å². The number of Topliss-reactive ketones (excluding diaryl/α,β-unsaturated/α-hetero) is 1. The fraction of sp³-hybridized carbons (Fsp3) is 0.533. The Bertz CT molecular complexity index is 464. The Labute approximate surface area is 103 Å². The molecular formula is C15H19NO. The first-order chi connectivity index (χ1) is 8.18. The van der Waals surface area contributed by atoms with E-state index in [0.717, 1.165) is 12.0 Å². The molecule has 0 radical (unpaired) electrons. The van der Waals surface area contributed by atoms with Crippen molar-refractivity contribution in [2.24, 2.45) is 5.92 Å². The number of nitrogens with zero attached hydrogens (tertiary/aromatic N) is 1. The molecule has 90 valence electrons. The quantitative estimate of drug-likeness (QED) is 0.737. The molecule has 2 atom stereocenters. The first-order valence-electron chi connectivity index (χ1n) is 6.54. The third kappa shape index (κ3) is 1.58. The second-order valence-corrected chi connectivity index (χ2v) is 5.53. The summed E-state index contributed by atoms with van der Waals surface area (Å²) in [6, 6.07) is 6.32. The third-order valence-corrected chi connectivity index (χ3v) is 4.32. The topological polar surface area (TPSA) is 20.3 Å². The van der Waals surface area contributed by atoms with Gasteiger partial charge in [-0.2, -0.15) is 0 Å². The highest BCUT2D eigenvalue weighted by atomic mass is 16.1. The zero-order valence-electron chi connectivity index (χ0n) is 10.6. The first kappa shape index (κ1) is 10.8. The van der Waals surface area contributed by atoms with Gasteiger partial charge >= 0.3 is 0 Å². The van der Waals surface area contributed by atoms with Crippen molar-refractivity contribution >= 4 is 11.5 Å². The highest BCUT2D eigenvalue weighted by Crippen LogP contribution is 2.47. The Morgan fingerprint density at radius 1 is 1.12 bits per heavy atom. The Hall–Kier alpha value is -1.31. The highest BCUT2D eigenvalue weighted by molar-refractivity contribution is 6.03. The minimum absolute atomic E-state index is 0.288. The molecule has 1 aromatic rings. The standard InChI is InChI=1S/C15H19NO/c1-16(2)10-7-8-13-14(9-10)11-5-3-4-6-12(11)15(13)17/h7-9,11-12H,3-6H2,1-2H3/t11-,12+/m0/s1. The summed E-state index contributed by atoms with van der Waals surface area (Å²) >= 11 is 0. The summed E-state index contributed by atoms with van der Waals surface area (Å²) in [6.07, 6.45) is 4.79. The van der Waals surface area contributed by atoms with Crippen LogP contribution >= 0.6 is 0 Å². The van der Waals surface area contributed by atoms with E-state index in [9.17, 15) is 4.79 Å². The minimum Gasteiger partial charge on any atom is -0.378 e. The monoisotopic (exact) mass is 229 g/mol. The SMILES string of the molecule is CN(C)c1ccc2c(c1)[C@H]1CCCC[C@H]1C2=O. The number of rotatable bonds is 1. The van der Waals surface area contributed by atoms with Crippen LogP contribution in [0, 0.1) is 5.92 Å². The van der Waals surface area contributed by atoms with Crippen LogP contribution in [0.4, 0.5) is 5.69 Å².